The van der Waals surface area contributed by atoms with Gasteiger partial charge in [0.25, 0.3) is 0 Å². The van der Waals surface area contributed by atoms with Crippen molar-refractivity contribution >= 4 is 0 Å². The molecule has 0 aliphatic rings. The van der Waals surface area contributed by atoms with Crippen LogP contribution >= 0.6 is 0 Å². The van der Waals surface area contributed by atoms with Gasteiger partial charge in [-0.25, -0.2) is 4.98 Å². The average molecular weight is 193 g/mol. The van der Waals surface area contributed by atoms with E-state index in [1.807, 2.05) is 6.92 Å². The lowest BCUT2D eigenvalue weighted by Gasteiger charge is -2.22. The van der Waals surface area contributed by atoms with Crippen LogP contribution in [0.3, 0.4) is 0 Å². The lowest BCUT2D eigenvalue weighted by atomic mass is 10.1. The maximum Gasteiger partial charge on any atom is 0.137 e. The van der Waals surface area contributed by atoms with Gasteiger partial charge in [-0.2, -0.15) is 10.4 Å². The molecule has 0 bridgehead atoms. The highest BCUT2D eigenvalue weighted by Crippen LogP contribution is 2.04. The summed E-state index contributed by atoms with van der Waals surface area (Å²) in [7, 11) is 0. The Balaban J connectivity index is 2.58. The van der Waals surface area contributed by atoms with Crippen LogP contribution < -0.4 is 5.32 Å². The van der Waals surface area contributed by atoms with E-state index in [-0.39, 0.29) is 0 Å². The quantitative estimate of drug-likeness (QED) is 0.742. The van der Waals surface area contributed by atoms with Crippen LogP contribution in [0.4, 0.5) is 0 Å². The summed E-state index contributed by atoms with van der Waals surface area (Å²) in [5, 5.41) is 16.2. The second-order valence-corrected chi connectivity index (χ2v) is 3.46. The van der Waals surface area contributed by atoms with Crippen molar-refractivity contribution < 1.29 is 0 Å². The normalized spacial score (nSPS) is 14.6. The highest BCUT2D eigenvalue weighted by molar-refractivity contribution is 5.03. The Hall–Kier alpha value is -1.41. The van der Waals surface area contributed by atoms with Crippen molar-refractivity contribution in [2.45, 2.75) is 32.4 Å². The van der Waals surface area contributed by atoms with E-state index in [1.165, 1.54) is 6.33 Å². The van der Waals surface area contributed by atoms with E-state index in [9.17, 15) is 0 Å². The predicted molar refractivity (Wildman–Crippen MR) is 52.3 cm³/mol. The second kappa shape index (κ2) is 4.72. The van der Waals surface area contributed by atoms with E-state index in [0.717, 1.165) is 13.0 Å². The molecule has 0 radical (unpaired) electrons. The molecule has 5 heteroatoms. The van der Waals surface area contributed by atoms with E-state index in [2.05, 4.69) is 28.4 Å². The number of hydrogen-bond acceptors (Lipinski definition) is 4. The first kappa shape index (κ1) is 10.7. The number of hydrogen-bond donors (Lipinski definition) is 1. The van der Waals surface area contributed by atoms with Gasteiger partial charge in [-0.3, -0.25) is 10.00 Å². The average Bonchev–Trinajstić information content (AvgIpc) is 2.67. The molecule has 0 aliphatic carbocycles. The number of nitriles is 1. The van der Waals surface area contributed by atoms with Gasteiger partial charge >= 0.3 is 0 Å². The fourth-order valence-corrected chi connectivity index (χ4v) is 1.17. The van der Waals surface area contributed by atoms with Crippen LogP contribution in [0.25, 0.3) is 0 Å². The topological polar surface area (TPSA) is 66.5 Å². The van der Waals surface area contributed by atoms with Crippen LogP contribution in [0.1, 0.15) is 20.3 Å². The van der Waals surface area contributed by atoms with Gasteiger partial charge < -0.3 is 0 Å². The van der Waals surface area contributed by atoms with Gasteiger partial charge in [-0.15, -0.1) is 0 Å². The summed E-state index contributed by atoms with van der Waals surface area (Å²) in [5.41, 5.74) is -0.566. The molecule has 76 valence electrons. The highest BCUT2D eigenvalue weighted by Gasteiger charge is 2.23. The summed E-state index contributed by atoms with van der Waals surface area (Å²) in [4.78, 5) is 3.84. The van der Waals surface area contributed by atoms with E-state index in [1.54, 1.807) is 11.0 Å². The van der Waals surface area contributed by atoms with Crippen molar-refractivity contribution in [3.63, 3.8) is 0 Å². The molecule has 0 spiro atoms. The summed E-state index contributed by atoms with van der Waals surface area (Å²) in [6.45, 7) is 5.28. The van der Waals surface area contributed by atoms with E-state index in [0.29, 0.717) is 6.54 Å². The Kier molecular flexibility index (Phi) is 3.60. The van der Waals surface area contributed by atoms with Crippen LogP contribution in [0.5, 0.6) is 0 Å². The smallest absolute Gasteiger partial charge is 0.137 e. The molecule has 1 aromatic heterocycles. The molecule has 0 aliphatic heterocycles. The Labute approximate surface area is 83.8 Å². The Morgan fingerprint density at radius 2 is 2.43 bits per heavy atom. The fourth-order valence-electron chi connectivity index (χ4n) is 1.17. The van der Waals surface area contributed by atoms with Crippen molar-refractivity contribution in [3.05, 3.63) is 12.7 Å². The summed E-state index contributed by atoms with van der Waals surface area (Å²) in [6, 6.07) is 2.25. The van der Waals surface area contributed by atoms with Crippen molar-refractivity contribution in [2.75, 3.05) is 6.54 Å². The second-order valence-electron chi connectivity index (χ2n) is 3.46. The number of nitrogens with one attached hydrogen (secondary N) is 1. The van der Waals surface area contributed by atoms with Gasteiger partial charge in [0, 0.05) is 0 Å². The molecule has 0 amide bonds. The molecule has 1 heterocycles. The van der Waals surface area contributed by atoms with Crippen molar-refractivity contribution in [3.8, 4) is 6.07 Å². The maximum atomic E-state index is 9.04. The first-order valence-electron chi connectivity index (χ1n) is 4.69. The molecule has 1 N–H and O–H groups in total. The van der Waals surface area contributed by atoms with E-state index >= 15 is 0 Å². The standard InChI is InChI=1S/C9H15N5/c1-3-4-12-9(2,5-10)6-14-8-11-7-13-14/h7-8,12H,3-4,6H2,1-2H3. The molecular formula is C9H15N5. The minimum atomic E-state index is -0.566. The highest BCUT2D eigenvalue weighted by atomic mass is 15.3. The Morgan fingerprint density at radius 3 is 2.93 bits per heavy atom. The zero-order valence-corrected chi connectivity index (χ0v) is 8.56. The molecule has 0 fully saturated rings. The van der Waals surface area contributed by atoms with Crippen LogP contribution in [-0.2, 0) is 6.54 Å². The largest absolute Gasteiger partial charge is 0.298 e. The zero-order chi connectivity index (χ0) is 10.4. The summed E-state index contributed by atoms with van der Waals surface area (Å²) < 4.78 is 1.66. The number of aromatic nitrogens is 3. The Bertz CT molecular complexity index is 300. The molecule has 0 saturated carbocycles. The van der Waals surface area contributed by atoms with Gasteiger partial charge in [0.1, 0.15) is 18.2 Å². The fraction of sp³-hybridized carbons (Fsp3) is 0.667. The summed E-state index contributed by atoms with van der Waals surface area (Å²) >= 11 is 0. The van der Waals surface area contributed by atoms with Crippen molar-refractivity contribution in [1.29, 1.82) is 5.26 Å². The molecule has 1 atom stereocenters. The van der Waals surface area contributed by atoms with E-state index in [4.69, 9.17) is 5.26 Å². The first-order chi connectivity index (χ1) is 6.70. The monoisotopic (exact) mass is 193 g/mol. The lowest BCUT2D eigenvalue weighted by molar-refractivity contribution is 0.370. The van der Waals surface area contributed by atoms with Crippen molar-refractivity contribution in [2.24, 2.45) is 0 Å². The summed E-state index contributed by atoms with van der Waals surface area (Å²) in [6.07, 6.45) is 4.09. The minimum Gasteiger partial charge on any atom is -0.298 e. The number of nitrogens with zero attached hydrogens (tertiary/aromatic N) is 4. The third-order valence-electron chi connectivity index (χ3n) is 1.96. The maximum absolute atomic E-state index is 9.04. The zero-order valence-electron chi connectivity index (χ0n) is 8.56. The molecule has 1 rings (SSSR count). The van der Waals surface area contributed by atoms with Crippen LogP contribution in [0.2, 0.25) is 0 Å². The third kappa shape index (κ3) is 2.82. The van der Waals surface area contributed by atoms with Crippen LogP contribution in [0, 0.1) is 11.3 Å². The minimum absolute atomic E-state index is 0.517. The number of rotatable bonds is 5. The van der Waals surface area contributed by atoms with Crippen molar-refractivity contribution in [1.82, 2.24) is 20.1 Å². The molecule has 5 nitrogen and oxygen atoms in total. The molecule has 1 aromatic rings. The van der Waals surface area contributed by atoms with Gasteiger partial charge in [0.2, 0.25) is 0 Å². The summed E-state index contributed by atoms with van der Waals surface area (Å²) in [5.74, 6) is 0. The lowest BCUT2D eigenvalue weighted by Crippen LogP contribution is -2.45. The molecular weight excluding hydrogens is 178 g/mol. The SMILES string of the molecule is CCCNC(C)(C#N)Cn1cncn1. The van der Waals surface area contributed by atoms with Crippen LogP contribution in [0.15, 0.2) is 12.7 Å². The van der Waals surface area contributed by atoms with Gasteiger partial charge in [-0.05, 0) is 19.9 Å². The molecule has 1 unspecified atom stereocenters. The molecule has 14 heavy (non-hydrogen) atoms. The third-order valence-corrected chi connectivity index (χ3v) is 1.96. The van der Waals surface area contributed by atoms with Gasteiger partial charge in [0.05, 0.1) is 12.6 Å². The molecule has 0 aromatic carbocycles. The molecule has 0 saturated heterocycles. The Morgan fingerprint density at radius 1 is 1.64 bits per heavy atom. The van der Waals surface area contributed by atoms with Gasteiger partial charge in [-0.1, -0.05) is 6.92 Å². The van der Waals surface area contributed by atoms with E-state index < -0.39 is 5.54 Å². The van der Waals surface area contributed by atoms with Gasteiger partial charge in [0.15, 0.2) is 0 Å². The first-order valence-corrected chi connectivity index (χ1v) is 4.69. The van der Waals surface area contributed by atoms with Crippen LogP contribution in [-0.4, -0.2) is 26.8 Å². The predicted octanol–water partition coefficient (Wildman–Crippen LogP) is 0.560.